The Morgan fingerprint density at radius 2 is 2.24 bits per heavy atom. The van der Waals surface area contributed by atoms with Crippen LogP contribution in [0, 0.1) is 0 Å². The molecule has 0 saturated carbocycles. The standard InChI is InChI=1S/C13H15ClN4O3/c1-20-7-6-18-5-3-4-9(18)12(19)17-13-15-10(14)8-11(16-13)21-2/h3-5,8H,6-7H2,1-2H3,(H,15,16,17,19). The van der Waals surface area contributed by atoms with Gasteiger partial charge >= 0.3 is 0 Å². The lowest BCUT2D eigenvalue weighted by Crippen LogP contribution is -2.19. The molecule has 2 aromatic heterocycles. The lowest BCUT2D eigenvalue weighted by atomic mass is 10.4. The minimum absolute atomic E-state index is 0.0869. The first-order valence-electron chi connectivity index (χ1n) is 6.18. The van der Waals surface area contributed by atoms with Gasteiger partial charge in [0.1, 0.15) is 10.8 Å². The monoisotopic (exact) mass is 310 g/mol. The largest absolute Gasteiger partial charge is 0.481 e. The number of nitrogens with zero attached hydrogens (tertiary/aromatic N) is 3. The quantitative estimate of drug-likeness (QED) is 0.824. The molecule has 112 valence electrons. The number of methoxy groups -OCH3 is 2. The van der Waals surface area contributed by atoms with E-state index in [1.165, 1.54) is 13.2 Å². The third kappa shape index (κ3) is 3.93. The number of anilines is 1. The van der Waals surface area contributed by atoms with E-state index in [0.717, 1.165) is 0 Å². The Kier molecular flexibility index (Phi) is 5.13. The van der Waals surface area contributed by atoms with Crippen molar-refractivity contribution < 1.29 is 14.3 Å². The van der Waals surface area contributed by atoms with Gasteiger partial charge in [0, 0.05) is 25.9 Å². The Labute approximate surface area is 126 Å². The number of carbonyl (C=O) groups excluding carboxylic acids is 1. The van der Waals surface area contributed by atoms with Crippen LogP contribution in [0.3, 0.4) is 0 Å². The summed E-state index contributed by atoms with van der Waals surface area (Å²) >= 11 is 5.83. The first kappa shape index (κ1) is 15.3. The van der Waals surface area contributed by atoms with E-state index in [1.807, 2.05) is 0 Å². The molecule has 21 heavy (non-hydrogen) atoms. The summed E-state index contributed by atoms with van der Waals surface area (Å²) in [6, 6.07) is 4.94. The molecule has 2 aromatic rings. The second-order valence-electron chi connectivity index (χ2n) is 4.09. The van der Waals surface area contributed by atoms with Crippen molar-refractivity contribution in [1.82, 2.24) is 14.5 Å². The zero-order valence-corrected chi connectivity index (χ0v) is 12.4. The highest BCUT2D eigenvalue weighted by Crippen LogP contribution is 2.16. The van der Waals surface area contributed by atoms with Crippen LogP contribution in [0.5, 0.6) is 5.88 Å². The average Bonchev–Trinajstić information content (AvgIpc) is 2.92. The zero-order chi connectivity index (χ0) is 15.2. The zero-order valence-electron chi connectivity index (χ0n) is 11.7. The number of halogens is 1. The van der Waals surface area contributed by atoms with E-state index < -0.39 is 0 Å². The first-order valence-corrected chi connectivity index (χ1v) is 6.56. The summed E-state index contributed by atoms with van der Waals surface area (Å²) in [5.41, 5.74) is 0.481. The maximum Gasteiger partial charge on any atom is 0.274 e. The molecule has 0 atom stereocenters. The van der Waals surface area contributed by atoms with Crippen LogP contribution in [-0.4, -0.2) is 41.3 Å². The Hall–Kier alpha value is -2.12. The summed E-state index contributed by atoms with van der Waals surface area (Å²) in [5, 5.41) is 2.78. The van der Waals surface area contributed by atoms with Crippen LogP contribution in [0.4, 0.5) is 5.95 Å². The Morgan fingerprint density at radius 1 is 1.43 bits per heavy atom. The molecular weight excluding hydrogens is 296 g/mol. The van der Waals surface area contributed by atoms with Crippen molar-refractivity contribution in [1.29, 1.82) is 0 Å². The van der Waals surface area contributed by atoms with Crippen LogP contribution < -0.4 is 10.1 Å². The summed E-state index contributed by atoms with van der Waals surface area (Å²) in [6.07, 6.45) is 1.80. The highest BCUT2D eigenvalue weighted by molar-refractivity contribution is 6.29. The highest BCUT2D eigenvalue weighted by atomic mass is 35.5. The topological polar surface area (TPSA) is 78.3 Å². The fourth-order valence-corrected chi connectivity index (χ4v) is 1.90. The summed E-state index contributed by atoms with van der Waals surface area (Å²) in [7, 11) is 3.06. The van der Waals surface area contributed by atoms with E-state index in [2.05, 4.69) is 15.3 Å². The molecule has 0 unspecified atom stereocenters. The highest BCUT2D eigenvalue weighted by Gasteiger charge is 2.13. The molecule has 0 aliphatic heterocycles. The number of amides is 1. The van der Waals surface area contributed by atoms with Gasteiger partial charge in [0.25, 0.3) is 5.91 Å². The Bertz CT molecular complexity index is 630. The van der Waals surface area contributed by atoms with Gasteiger partial charge in [0.15, 0.2) is 0 Å². The van der Waals surface area contributed by atoms with Crippen LogP contribution >= 0.6 is 11.6 Å². The molecule has 0 radical (unpaired) electrons. The number of hydrogen-bond acceptors (Lipinski definition) is 5. The van der Waals surface area contributed by atoms with E-state index in [9.17, 15) is 4.79 Å². The summed E-state index contributed by atoms with van der Waals surface area (Å²) in [4.78, 5) is 20.2. The van der Waals surface area contributed by atoms with Crippen molar-refractivity contribution in [3.8, 4) is 5.88 Å². The number of carbonyl (C=O) groups is 1. The van der Waals surface area contributed by atoms with Crippen molar-refractivity contribution in [3.63, 3.8) is 0 Å². The predicted molar refractivity (Wildman–Crippen MR) is 77.9 cm³/mol. The van der Waals surface area contributed by atoms with Gasteiger partial charge in [-0.1, -0.05) is 11.6 Å². The van der Waals surface area contributed by atoms with Crippen LogP contribution in [0.15, 0.2) is 24.4 Å². The van der Waals surface area contributed by atoms with Gasteiger partial charge in [0.2, 0.25) is 11.8 Å². The molecule has 8 heteroatoms. The molecule has 0 aromatic carbocycles. The van der Waals surface area contributed by atoms with Gasteiger partial charge in [-0.05, 0) is 12.1 Å². The summed E-state index contributed by atoms with van der Waals surface area (Å²) in [5.74, 6) is 0.0318. The molecule has 0 bridgehead atoms. The fourth-order valence-electron chi connectivity index (χ4n) is 1.73. The van der Waals surface area contributed by atoms with Gasteiger partial charge in [0.05, 0.1) is 13.7 Å². The minimum Gasteiger partial charge on any atom is -0.481 e. The Morgan fingerprint density at radius 3 is 2.95 bits per heavy atom. The predicted octanol–water partition coefficient (Wildman–Crippen LogP) is 1.84. The normalized spacial score (nSPS) is 10.4. The molecule has 0 spiro atoms. The number of nitrogens with one attached hydrogen (secondary N) is 1. The van der Waals surface area contributed by atoms with Crippen LogP contribution in [0.1, 0.15) is 10.5 Å². The molecule has 1 amide bonds. The third-order valence-corrected chi connectivity index (χ3v) is 2.90. The van der Waals surface area contributed by atoms with Crippen molar-refractivity contribution in [2.75, 3.05) is 26.1 Å². The second kappa shape index (κ2) is 7.05. The van der Waals surface area contributed by atoms with Gasteiger partial charge in [-0.15, -0.1) is 0 Å². The first-order chi connectivity index (χ1) is 10.1. The molecule has 0 aliphatic rings. The van der Waals surface area contributed by atoms with Gasteiger partial charge in [-0.3, -0.25) is 10.1 Å². The molecule has 1 N–H and O–H groups in total. The Balaban J connectivity index is 2.14. The SMILES string of the molecule is COCCn1cccc1C(=O)Nc1nc(Cl)cc(OC)n1. The smallest absolute Gasteiger partial charge is 0.274 e. The number of ether oxygens (including phenoxy) is 2. The maximum atomic E-state index is 12.2. The van der Waals surface area contributed by atoms with Gasteiger partial charge in [-0.2, -0.15) is 4.98 Å². The third-order valence-electron chi connectivity index (χ3n) is 2.70. The van der Waals surface area contributed by atoms with E-state index in [4.69, 9.17) is 21.1 Å². The van der Waals surface area contributed by atoms with E-state index in [1.54, 1.807) is 30.0 Å². The molecule has 0 aliphatic carbocycles. The molecule has 7 nitrogen and oxygen atoms in total. The summed E-state index contributed by atoms with van der Waals surface area (Å²) in [6.45, 7) is 1.09. The molecular formula is C13H15ClN4O3. The van der Waals surface area contributed by atoms with Crippen LogP contribution in [0.2, 0.25) is 5.15 Å². The van der Waals surface area contributed by atoms with Crippen LogP contribution in [-0.2, 0) is 11.3 Å². The lowest BCUT2D eigenvalue weighted by Gasteiger charge is -2.09. The van der Waals surface area contributed by atoms with Crippen molar-refractivity contribution >= 4 is 23.5 Å². The van der Waals surface area contributed by atoms with E-state index in [-0.39, 0.29) is 22.9 Å². The van der Waals surface area contributed by atoms with Crippen molar-refractivity contribution in [2.45, 2.75) is 6.54 Å². The van der Waals surface area contributed by atoms with E-state index in [0.29, 0.717) is 18.8 Å². The van der Waals surface area contributed by atoms with Gasteiger partial charge in [-0.25, -0.2) is 4.98 Å². The summed E-state index contributed by atoms with van der Waals surface area (Å²) < 4.78 is 11.8. The molecule has 0 saturated heterocycles. The average molecular weight is 311 g/mol. The minimum atomic E-state index is -0.333. The number of rotatable bonds is 6. The molecule has 2 rings (SSSR count). The maximum absolute atomic E-state index is 12.2. The fraction of sp³-hybridized carbons (Fsp3) is 0.308. The molecule has 0 fully saturated rings. The van der Waals surface area contributed by atoms with E-state index >= 15 is 0 Å². The molecule has 2 heterocycles. The number of hydrogen-bond donors (Lipinski definition) is 1. The number of aromatic nitrogens is 3. The van der Waals surface area contributed by atoms with Crippen molar-refractivity contribution in [2.24, 2.45) is 0 Å². The lowest BCUT2D eigenvalue weighted by molar-refractivity contribution is 0.101. The second-order valence-corrected chi connectivity index (χ2v) is 4.48. The van der Waals surface area contributed by atoms with Crippen molar-refractivity contribution in [3.05, 3.63) is 35.2 Å². The van der Waals surface area contributed by atoms with Crippen LogP contribution in [0.25, 0.3) is 0 Å². The van der Waals surface area contributed by atoms with Gasteiger partial charge < -0.3 is 14.0 Å².